The second-order valence-corrected chi connectivity index (χ2v) is 3.28. The van der Waals surface area contributed by atoms with Crippen LogP contribution in [-0.2, 0) is 0 Å². The first-order valence-electron chi connectivity index (χ1n) is 4.93. The minimum absolute atomic E-state index is 0.0337. The number of benzene rings is 1. The molecule has 0 fully saturated rings. The van der Waals surface area contributed by atoms with E-state index < -0.39 is 4.92 Å². The van der Waals surface area contributed by atoms with E-state index in [1.54, 1.807) is 12.1 Å². The number of nitrogens with one attached hydrogen (secondary N) is 1. The van der Waals surface area contributed by atoms with E-state index in [1.165, 1.54) is 6.07 Å². The van der Waals surface area contributed by atoms with Crippen molar-refractivity contribution in [2.24, 2.45) is 0 Å². The Morgan fingerprint density at radius 1 is 1.53 bits per heavy atom. The summed E-state index contributed by atoms with van der Waals surface area (Å²) < 4.78 is 0. The van der Waals surface area contributed by atoms with Crippen LogP contribution in [0.5, 0.6) is 0 Å². The molecular formula is C10H15N3O2. The molecule has 1 rings (SSSR count). The van der Waals surface area contributed by atoms with E-state index in [-0.39, 0.29) is 11.4 Å². The molecule has 0 aromatic heterocycles. The first kappa shape index (κ1) is 11.3. The molecule has 0 aliphatic rings. The first-order valence-corrected chi connectivity index (χ1v) is 4.93. The lowest BCUT2D eigenvalue weighted by Gasteiger charge is -2.07. The van der Waals surface area contributed by atoms with Gasteiger partial charge in [-0.2, -0.15) is 0 Å². The quantitative estimate of drug-likeness (QED) is 0.337. The van der Waals surface area contributed by atoms with Crippen LogP contribution in [-0.4, -0.2) is 11.5 Å². The van der Waals surface area contributed by atoms with Crippen LogP contribution in [0.15, 0.2) is 18.2 Å². The number of nitro groups is 1. The summed E-state index contributed by atoms with van der Waals surface area (Å²) in [6, 6.07) is 4.91. The monoisotopic (exact) mass is 209 g/mol. The Bertz CT molecular complexity index is 353. The molecular weight excluding hydrogens is 194 g/mol. The van der Waals surface area contributed by atoms with Gasteiger partial charge in [0.25, 0.3) is 0 Å². The molecule has 0 unspecified atom stereocenters. The van der Waals surface area contributed by atoms with Crippen molar-refractivity contribution in [1.29, 1.82) is 0 Å². The van der Waals surface area contributed by atoms with Crippen molar-refractivity contribution in [2.75, 3.05) is 17.6 Å². The predicted molar refractivity (Wildman–Crippen MR) is 60.9 cm³/mol. The van der Waals surface area contributed by atoms with E-state index >= 15 is 0 Å². The van der Waals surface area contributed by atoms with Crippen LogP contribution < -0.4 is 11.1 Å². The van der Waals surface area contributed by atoms with E-state index in [0.29, 0.717) is 5.69 Å². The number of nitrogens with zero attached hydrogens (tertiary/aromatic N) is 1. The Balaban J connectivity index is 2.86. The zero-order valence-electron chi connectivity index (χ0n) is 8.69. The molecule has 3 N–H and O–H groups in total. The third-order valence-electron chi connectivity index (χ3n) is 2.10. The van der Waals surface area contributed by atoms with Gasteiger partial charge in [0.1, 0.15) is 11.4 Å². The lowest BCUT2D eigenvalue weighted by Crippen LogP contribution is -2.05. The van der Waals surface area contributed by atoms with Crippen molar-refractivity contribution in [3.05, 3.63) is 28.3 Å². The molecule has 5 heteroatoms. The number of nitrogens with two attached hydrogens (primary N) is 1. The summed E-state index contributed by atoms with van der Waals surface area (Å²) in [6.45, 7) is 2.79. The summed E-state index contributed by atoms with van der Waals surface area (Å²) in [5.74, 6) is 0. The maximum atomic E-state index is 10.8. The topological polar surface area (TPSA) is 81.2 Å². The smallest absolute Gasteiger partial charge is 0.314 e. The summed E-state index contributed by atoms with van der Waals surface area (Å²) in [4.78, 5) is 10.3. The maximum absolute atomic E-state index is 10.8. The molecule has 5 nitrogen and oxygen atoms in total. The normalized spacial score (nSPS) is 9.93. The van der Waals surface area contributed by atoms with Crippen molar-refractivity contribution >= 4 is 17.1 Å². The SMILES string of the molecule is CCCCNc1cccc(N)c1[N+](=O)[O-]. The second kappa shape index (κ2) is 5.19. The largest absolute Gasteiger partial charge is 0.393 e. The maximum Gasteiger partial charge on any atom is 0.314 e. The van der Waals surface area contributed by atoms with Crippen LogP contribution in [0.4, 0.5) is 17.1 Å². The average Bonchev–Trinajstić information content (AvgIpc) is 2.17. The van der Waals surface area contributed by atoms with Gasteiger partial charge in [0.2, 0.25) is 0 Å². The minimum Gasteiger partial charge on any atom is -0.393 e. The number of anilines is 2. The molecule has 1 aromatic rings. The van der Waals surface area contributed by atoms with Gasteiger partial charge < -0.3 is 11.1 Å². The number of hydrogen-bond donors (Lipinski definition) is 2. The fourth-order valence-corrected chi connectivity index (χ4v) is 1.31. The summed E-state index contributed by atoms with van der Waals surface area (Å²) in [5.41, 5.74) is 6.20. The van der Waals surface area contributed by atoms with Gasteiger partial charge in [-0.25, -0.2) is 0 Å². The standard InChI is InChI=1S/C10H15N3O2/c1-2-3-7-12-9-6-4-5-8(11)10(9)13(14)15/h4-6,12H,2-3,7,11H2,1H3. The van der Waals surface area contributed by atoms with Crippen LogP contribution >= 0.6 is 0 Å². The number of nitro benzene ring substituents is 1. The zero-order valence-corrected chi connectivity index (χ0v) is 8.69. The van der Waals surface area contributed by atoms with E-state index in [1.807, 2.05) is 0 Å². The van der Waals surface area contributed by atoms with Crippen molar-refractivity contribution in [3.63, 3.8) is 0 Å². The Labute approximate surface area is 88.4 Å². The molecule has 1 aromatic carbocycles. The molecule has 0 heterocycles. The number of para-hydroxylation sites is 1. The number of nitrogen functional groups attached to an aromatic ring is 1. The molecule has 0 saturated carbocycles. The zero-order chi connectivity index (χ0) is 11.3. The highest BCUT2D eigenvalue weighted by atomic mass is 16.6. The lowest BCUT2D eigenvalue weighted by atomic mass is 10.2. The van der Waals surface area contributed by atoms with Gasteiger partial charge in [0.15, 0.2) is 0 Å². The molecule has 0 amide bonds. The fraction of sp³-hybridized carbons (Fsp3) is 0.400. The Morgan fingerprint density at radius 3 is 2.87 bits per heavy atom. The van der Waals surface area contributed by atoms with Crippen molar-refractivity contribution in [3.8, 4) is 0 Å². The molecule has 0 atom stereocenters. The van der Waals surface area contributed by atoms with Crippen molar-refractivity contribution in [2.45, 2.75) is 19.8 Å². The third kappa shape index (κ3) is 2.83. The lowest BCUT2D eigenvalue weighted by molar-refractivity contribution is -0.383. The molecule has 0 bridgehead atoms. The van der Waals surface area contributed by atoms with Gasteiger partial charge in [0.05, 0.1) is 4.92 Å². The number of unbranched alkanes of at least 4 members (excludes halogenated alkanes) is 1. The fourth-order valence-electron chi connectivity index (χ4n) is 1.31. The minimum atomic E-state index is -0.455. The van der Waals surface area contributed by atoms with Gasteiger partial charge in [-0.1, -0.05) is 19.4 Å². The highest BCUT2D eigenvalue weighted by molar-refractivity contribution is 5.74. The molecule has 0 radical (unpaired) electrons. The first-order chi connectivity index (χ1) is 7.16. The summed E-state index contributed by atoms with van der Waals surface area (Å²) in [7, 11) is 0. The van der Waals surface area contributed by atoms with Gasteiger partial charge in [-0.3, -0.25) is 10.1 Å². The third-order valence-corrected chi connectivity index (χ3v) is 2.10. The Hall–Kier alpha value is -1.78. The predicted octanol–water partition coefficient (Wildman–Crippen LogP) is 2.39. The van der Waals surface area contributed by atoms with Crippen LogP contribution in [0.2, 0.25) is 0 Å². The van der Waals surface area contributed by atoms with Crippen LogP contribution in [0.3, 0.4) is 0 Å². The van der Waals surface area contributed by atoms with Gasteiger partial charge >= 0.3 is 5.69 Å². The van der Waals surface area contributed by atoms with E-state index in [4.69, 9.17) is 5.73 Å². The highest BCUT2D eigenvalue weighted by Gasteiger charge is 2.16. The van der Waals surface area contributed by atoms with Crippen LogP contribution in [0.25, 0.3) is 0 Å². The summed E-state index contributed by atoms with van der Waals surface area (Å²) >= 11 is 0. The molecule has 82 valence electrons. The van der Waals surface area contributed by atoms with Gasteiger partial charge in [0, 0.05) is 6.54 Å². The molecule has 0 aliphatic heterocycles. The Morgan fingerprint density at radius 2 is 2.27 bits per heavy atom. The van der Waals surface area contributed by atoms with Crippen LogP contribution in [0, 0.1) is 10.1 Å². The van der Waals surface area contributed by atoms with E-state index in [0.717, 1.165) is 19.4 Å². The summed E-state index contributed by atoms with van der Waals surface area (Å²) in [5, 5.41) is 13.8. The van der Waals surface area contributed by atoms with E-state index in [9.17, 15) is 10.1 Å². The van der Waals surface area contributed by atoms with Gasteiger partial charge in [-0.05, 0) is 18.6 Å². The number of rotatable bonds is 5. The highest BCUT2D eigenvalue weighted by Crippen LogP contribution is 2.30. The van der Waals surface area contributed by atoms with Crippen molar-refractivity contribution < 1.29 is 4.92 Å². The molecule has 0 aliphatic carbocycles. The Kier molecular flexibility index (Phi) is 3.91. The van der Waals surface area contributed by atoms with Crippen molar-refractivity contribution in [1.82, 2.24) is 0 Å². The summed E-state index contributed by atoms with van der Waals surface area (Å²) in [6.07, 6.45) is 2.02. The number of hydrogen-bond acceptors (Lipinski definition) is 4. The van der Waals surface area contributed by atoms with Crippen LogP contribution in [0.1, 0.15) is 19.8 Å². The van der Waals surface area contributed by atoms with E-state index in [2.05, 4.69) is 12.2 Å². The van der Waals surface area contributed by atoms with Gasteiger partial charge in [-0.15, -0.1) is 0 Å². The molecule has 0 spiro atoms. The molecule has 15 heavy (non-hydrogen) atoms. The average molecular weight is 209 g/mol. The molecule has 0 saturated heterocycles. The second-order valence-electron chi connectivity index (χ2n) is 3.28.